The Balaban J connectivity index is 2.14. The highest BCUT2D eigenvalue weighted by Crippen LogP contribution is 2.29. The molecule has 2 aromatic heterocycles. The fraction of sp³-hybridized carbons (Fsp3) is 0.294. The Kier molecular flexibility index (Phi) is 3.38. The third-order valence-corrected chi connectivity index (χ3v) is 3.73. The number of aryl methyl sites for hydroxylation is 1. The Hall–Kier alpha value is -2.74. The predicted octanol–water partition coefficient (Wildman–Crippen LogP) is 3.56. The first-order chi connectivity index (χ1) is 10.5. The molecule has 0 saturated heterocycles. The normalized spacial score (nSPS) is 11.2. The van der Waals surface area contributed by atoms with Crippen molar-refractivity contribution in [3.05, 3.63) is 46.8 Å². The van der Waals surface area contributed by atoms with Crippen LogP contribution >= 0.6 is 0 Å². The number of nitrogens with zero attached hydrogens (tertiary/aromatic N) is 3. The molecule has 5 heteroatoms. The molecule has 0 aliphatic rings. The van der Waals surface area contributed by atoms with Crippen molar-refractivity contribution in [3.63, 3.8) is 0 Å². The number of hydrogen-bond acceptors (Lipinski definition) is 4. The van der Waals surface area contributed by atoms with Gasteiger partial charge in [-0.3, -0.25) is 4.68 Å². The molecule has 0 aliphatic heterocycles. The fourth-order valence-corrected chi connectivity index (χ4v) is 2.57. The van der Waals surface area contributed by atoms with Gasteiger partial charge in [-0.2, -0.15) is 10.4 Å². The monoisotopic (exact) mass is 294 g/mol. The van der Waals surface area contributed by atoms with Crippen molar-refractivity contribution < 1.29 is 4.42 Å². The van der Waals surface area contributed by atoms with E-state index < -0.39 is 0 Å². The average Bonchev–Trinajstić information content (AvgIpc) is 3.02. The van der Waals surface area contributed by atoms with Crippen LogP contribution in [0.15, 0.2) is 28.7 Å². The van der Waals surface area contributed by atoms with Gasteiger partial charge in [0.1, 0.15) is 17.2 Å². The highest BCUT2D eigenvalue weighted by atomic mass is 16.3. The minimum atomic E-state index is 0.299. The van der Waals surface area contributed by atoms with Gasteiger partial charge >= 0.3 is 0 Å². The summed E-state index contributed by atoms with van der Waals surface area (Å²) in [6.07, 6.45) is 0. The minimum Gasteiger partial charge on any atom is -0.460 e. The van der Waals surface area contributed by atoms with Crippen molar-refractivity contribution in [2.75, 3.05) is 5.73 Å². The molecular weight excluding hydrogens is 276 g/mol. The summed E-state index contributed by atoms with van der Waals surface area (Å²) in [6.45, 7) is 6.65. The van der Waals surface area contributed by atoms with Crippen molar-refractivity contribution in [1.29, 1.82) is 5.26 Å². The molecule has 0 spiro atoms. The number of benzene rings is 1. The standard InChI is InChI=1S/C17H18N4O/c1-10(2)15-7-13-5-12(8-18)6-14(17(13)22-15)9-21-11(3)4-16(19)20-21/h4-7,10H,9H2,1-3H3,(H2,19,20). The number of nitrogens with two attached hydrogens (primary N) is 1. The zero-order chi connectivity index (χ0) is 15.9. The molecule has 0 unspecified atom stereocenters. The molecule has 5 nitrogen and oxygen atoms in total. The third-order valence-electron chi connectivity index (χ3n) is 3.73. The SMILES string of the molecule is Cc1cc(N)nn1Cc1cc(C#N)cc2cc(C(C)C)oc12. The number of nitrogen functional groups attached to an aromatic ring is 1. The molecule has 0 bridgehead atoms. The molecule has 3 aromatic rings. The van der Waals surface area contributed by atoms with Gasteiger partial charge in [0, 0.05) is 28.6 Å². The van der Waals surface area contributed by atoms with Crippen molar-refractivity contribution in [3.8, 4) is 6.07 Å². The van der Waals surface area contributed by atoms with Gasteiger partial charge in [0.05, 0.1) is 18.2 Å². The number of aromatic nitrogens is 2. The second-order valence-electron chi connectivity index (χ2n) is 5.84. The van der Waals surface area contributed by atoms with E-state index >= 15 is 0 Å². The van der Waals surface area contributed by atoms with E-state index in [1.165, 1.54) is 0 Å². The summed E-state index contributed by atoms with van der Waals surface area (Å²) < 4.78 is 7.82. The van der Waals surface area contributed by atoms with E-state index in [1.54, 1.807) is 0 Å². The van der Waals surface area contributed by atoms with Crippen LogP contribution < -0.4 is 5.73 Å². The van der Waals surface area contributed by atoms with Crippen molar-refractivity contribution >= 4 is 16.8 Å². The maximum atomic E-state index is 9.24. The molecule has 112 valence electrons. The van der Waals surface area contributed by atoms with Gasteiger partial charge in [0.2, 0.25) is 0 Å². The Morgan fingerprint density at radius 2 is 2.09 bits per heavy atom. The maximum absolute atomic E-state index is 9.24. The number of hydrogen-bond donors (Lipinski definition) is 1. The van der Waals surface area contributed by atoms with Gasteiger partial charge in [0.15, 0.2) is 0 Å². The second-order valence-corrected chi connectivity index (χ2v) is 5.84. The van der Waals surface area contributed by atoms with Gasteiger partial charge < -0.3 is 10.2 Å². The highest BCUT2D eigenvalue weighted by Gasteiger charge is 2.14. The summed E-state index contributed by atoms with van der Waals surface area (Å²) in [4.78, 5) is 0. The Bertz CT molecular complexity index is 880. The quantitative estimate of drug-likeness (QED) is 0.800. The van der Waals surface area contributed by atoms with Crippen LogP contribution in [0.1, 0.15) is 42.3 Å². The van der Waals surface area contributed by atoms with Crippen LogP contribution in [0.25, 0.3) is 11.0 Å². The van der Waals surface area contributed by atoms with Crippen LogP contribution in [-0.2, 0) is 6.54 Å². The summed E-state index contributed by atoms with van der Waals surface area (Å²) in [5.74, 6) is 1.71. The highest BCUT2D eigenvalue weighted by molar-refractivity contribution is 5.83. The number of nitriles is 1. The number of rotatable bonds is 3. The number of furan rings is 1. The van der Waals surface area contributed by atoms with E-state index in [-0.39, 0.29) is 0 Å². The van der Waals surface area contributed by atoms with Crippen molar-refractivity contribution in [2.45, 2.75) is 33.2 Å². The van der Waals surface area contributed by atoms with Crippen LogP contribution in [0, 0.1) is 18.3 Å². The molecule has 0 fully saturated rings. The van der Waals surface area contributed by atoms with Crippen LogP contribution in [-0.4, -0.2) is 9.78 Å². The van der Waals surface area contributed by atoms with E-state index in [0.29, 0.717) is 23.8 Å². The zero-order valence-corrected chi connectivity index (χ0v) is 12.9. The Morgan fingerprint density at radius 1 is 1.32 bits per heavy atom. The largest absolute Gasteiger partial charge is 0.460 e. The molecule has 22 heavy (non-hydrogen) atoms. The first kappa shape index (κ1) is 14.2. The average molecular weight is 294 g/mol. The molecule has 0 amide bonds. The van der Waals surface area contributed by atoms with Gasteiger partial charge in [-0.25, -0.2) is 0 Å². The topological polar surface area (TPSA) is 80.8 Å². The van der Waals surface area contributed by atoms with Gasteiger partial charge in [-0.05, 0) is 25.1 Å². The summed E-state index contributed by atoms with van der Waals surface area (Å²) in [7, 11) is 0. The molecule has 2 heterocycles. The van der Waals surface area contributed by atoms with Gasteiger partial charge in [0.25, 0.3) is 0 Å². The lowest BCUT2D eigenvalue weighted by Crippen LogP contribution is -2.05. The summed E-state index contributed by atoms with van der Waals surface area (Å²) in [5, 5.41) is 14.5. The van der Waals surface area contributed by atoms with Gasteiger partial charge in [-0.1, -0.05) is 13.8 Å². The lowest BCUT2D eigenvalue weighted by molar-refractivity contribution is 0.516. The van der Waals surface area contributed by atoms with E-state index in [4.69, 9.17) is 10.2 Å². The first-order valence-corrected chi connectivity index (χ1v) is 7.24. The Labute approximate surface area is 128 Å². The van der Waals surface area contributed by atoms with Crippen LogP contribution in [0.4, 0.5) is 5.82 Å². The molecule has 3 rings (SSSR count). The molecule has 2 N–H and O–H groups in total. The second kappa shape index (κ2) is 5.23. The summed E-state index contributed by atoms with van der Waals surface area (Å²) >= 11 is 0. The van der Waals surface area contributed by atoms with Crippen molar-refractivity contribution in [2.24, 2.45) is 0 Å². The summed E-state index contributed by atoms with van der Waals surface area (Å²) in [5.41, 5.74) is 9.09. The molecule has 0 saturated carbocycles. The predicted molar refractivity (Wildman–Crippen MR) is 85.5 cm³/mol. The van der Waals surface area contributed by atoms with E-state index in [1.807, 2.05) is 35.9 Å². The van der Waals surface area contributed by atoms with Crippen LogP contribution in [0.5, 0.6) is 0 Å². The Morgan fingerprint density at radius 3 is 2.68 bits per heavy atom. The molecule has 0 aliphatic carbocycles. The summed E-state index contributed by atoms with van der Waals surface area (Å²) in [6, 6.07) is 9.76. The fourth-order valence-electron chi connectivity index (χ4n) is 2.57. The van der Waals surface area contributed by atoms with Crippen molar-refractivity contribution in [1.82, 2.24) is 9.78 Å². The number of anilines is 1. The maximum Gasteiger partial charge on any atom is 0.145 e. The van der Waals surface area contributed by atoms with E-state index in [2.05, 4.69) is 25.0 Å². The minimum absolute atomic E-state index is 0.299. The molecule has 1 aromatic carbocycles. The third kappa shape index (κ3) is 2.44. The number of fused-ring (bicyclic) bond motifs is 1. The zero-order valence-electron chi connectivity index (χ0n) is 12.9. The smallest absolute Gasteiger partial charge is 0.145 e. The lowest BCUT2D eigenvalue weighted by Gasteiger charge is -2.06. The van der Waals surface area contributed by atoms with E-state index in [9.17, 15) is 5.26 Å². The lowest BCUT2D eigenvalue weighted by atomic mass is 10.1. The molecule has 0 atom stereocenters. The van der Waals surface area contributed by atoms with E-state index in [0.717, 1.165) is 28.0 Å². The van der Waals surface area contributed by atoms with Gasteiger partial charge in [-0.15, -0.1) is 0 Å². The van der Waals surface area contributed by atoms with Crippen LogP contribution in [0.2, 0.25) is 0 Å². The first-order valence-electron chi connectivity index (χ1n) is 7.24. The molecular formula is C17H18N4O. The molecule has 0 radical (unpaired) electrons. The van der Waals surface area contributed by atoms with Crippen LogP contribution in [0.3, 0.4) is 0 Å².